The molecule has 0 saturated heterocycles. The average molecular weight is 435 g/mol. The van der Waals surface area contributed by atoms with Gasteiger partial charge in [-0.2, -0.15) is 0 Å². The molecule has 0 aliphatic carbocycles. The zero-order valence-corrected chi connectivity index (χ0v) is 17.6. The molecular formula is C20H20Cl2N4OS. The van der Waals surface area contributed by atoms with E-state index in [1.54, 1.807) is 18.2 Å². The van der Waals surface area contributed by atoms with Crippen molar-refractivity contribution in [1.29, 1.82) is 0 Å². The van der Waals surface area contributed by atoms with E-state index in [1.807, 2.05) is 31.2 Å². The summed E-state index contributed by atoms with van der Waals surface area (Å²) in [7, 11) is 0. The molecule has 0 saturated carbocycles. The van der Waals surface area contributed by atoms with Crippen molar-refractivity contribution in [3.8, 4) is 11.3 Å². The number of aliphatic hydroxyl groups is 1. The third-order valence-corrected chi connectivity index (χ3v) is 5.36. The Labute approximate surface area is 178 Å². The average Bonchev–Trinajstić information content (AvgIpc) is 2.67. The molecule has 0 radical (unpaired) electrons. The third-order valence-electron chi connectivity index (χ3n) is 4.00. The molecular weight excluding hydrogens is 415 g/mol. The molecule has 1 heterocycles. The van der Waals surface area contributed by atoms with E-state index in [-0.39, 0.29) is 6.61 Å². The number of hydrogen-bond donors (Lipinski definition) is 3. The number of nitrogens with two attached hydrogens (primary N) is 1. The van der Waals surface area contributed by atoms with Gasteiger partial charge in [0.15, 0.2) is 11.0 Å². The highest BCUT2D eigenvalue weighted by molar-refractivity contribution is 7.99. The van der Waals surface area contributed by atoms with Crippen molar-refractivity contribution in [2.75, 3.05) is 23.4 Å². The molecule has 8 heteroatoms. The Morgan fingerprint density at radius 2 is 1.79 bits per heavy atom. The van der Waals surface area contributed by atoms with Crippen LogP contribution < -0.4 is 11.1 Å². The number of aromatic nitrogens is 2. The van der Waals surface area contributed by atoms with Crippen LogP contribution in [0.15, 0.2) is 47.6 Å². The fourth-order valence-corrected chi connectivity index (χ4v) is 3.80. The molecule has 4 N–H and O–H groups in total. The third kappa shape index (κ3) is 4.70. The van der Waals surface area contributed by atoms with Gasteiger partial charge in [0, 0.05) is 12.2 Å². The summed E-state index contributed by atoms with van der Waals surface area (Å²) >= 11 is 14.1. The summed E-state index contributed by atoms with van der Waals surface area (Å²) in [5.41, 5.74) is 9.89. The van der Waals surface area contributed by atoms with Crippen LogP contribution in [0.2, 0.25) is 10.0 Å². The highest BCUT2D eigenvalue weighted by Crippen LogP contribution is 2.39. The van der Waals surface area contributed by atoms with E-state index in [2.05, 4.69) is 10.3 Å². The zero-order valence-electron chi connectivity index (χ0n) is 15.2. The van der Waals surface area contributed by atoms with Crippen molar-refractivity contribution < 1.29 is 5.11 Å². The van der Waals surface area contributed by atoms with Gasteiger partial charge in [0.05, 0.1) is 15.7 Å². The molecule has 3 rings (SSSR count). The second-order valence-corrected chi connectivity index (χ2v) is 7.99. The maximum Gasteiger partial charge on any atom is 0.190 e. The van der Waals surface area contributed by atoms with Crippen LogP contribution >= 0.6 is 35.0 Å². The van der Waals surface area contributed by atoms with Gasteiger partial charge in [0.2, 0.25) is 0 Å². The molecule has 2 aromatic carbocycles. The first-order valence-electron chi connectivity index (χ1n) is 8.75. The predicted octanol–water partition coefficient (Wildman–Crippen LogP) is 5.42. The normalized spacial score (nSPS) is 10.9. The molecule has 3 aromatic rings. The SMILES string of the molecule is CCSc1nc(N)c(Nc2c(Cl)cccc2Cl)c(-c2cccc(CCO)c2)n1. The predicted molar refractivity (Wildman–Crippen MR) is 119 cm³/mol. The van der Waals surface area contributed by atoms with Gasteiger partial charge in [-0.1, -0.05) is 66.2 Å². The van der Waals surface area contributed by atoms with Gasteiger partial charge in [0.25, 0.3) is 0 Å². The number of nitrogens with one attached hydrogen (secondary N) is 1. The Balaban J connectivity index is 2.15. The number of thioether (sulfide) groups is 1. The highest BCUT2D eigenvalue weighted by Gasteiger charge is 2.17. The largest absolute Gasteiger partial charge is 0.396 e. The Kier molecular flexibility index (Phi) is 7.02. The molecule has 5 nitrogen and oxygen atoms in total. The molecule has 0 aliphatic heterocycles. The van der Waals surface area contributed by atoms with Gasteiger partial charge in [-0.15, -0.1) is 0 Å². The lowest BCUT2D eigenvalue weighted by Gasteiger charge is -2.17. The van der Waals surface area contributed by atoms with E-state index in [4.69, 9.17) is 33.9 Å². The zero-order chi connectivity index (χ0) is 20.1. The molecule has 0 unspecified atom stereocenters. The number of benzene rings is 2. The van der Waals surface area contributed by atoms with Crippen LogP contribution in [0.3, 0.4) is 0 Å². The molecule has 0 fully saturated rings. The van der Waals surface area contributed by atoms with E-state index in [0.29, 0.717) is 44.5 Å². The van der Waals surface area contributed by atoms with Gasteiger partial charge in [-0.05, 0) is 35.9 Å². The van der Waals surface area contributed by atoms with Crippen LogP contribution in [0.5, 0.6) is 0 Å². The smallest absolute Gasteiger partial charge is 0.190 e. The van der Waals surface area contributed by atoms with Crippen molar-refractivity contribution in [2.24, 2.45) is 0 Å². The van der Waals surface area contributed by atoms with Crippen molar-refractivity contribution in [2.45, 2.75) is 18.5 Å². The molecule has 28 heavy (non-hydrogen) atoms. The Morgan fingerprint density at radius 3 is 2.46 bits per heavy atom. The van der Waals surface area contributed by atoms with Crippen molar-refractivity contribution in [3.63, 3.8) is 0 Å². The van der Waals surface area contributed by atoms with Crippen LogP contribution in [-0.2, 0) is 6.42 Å². The summed E-state index contributed by atoms with van der Waals surface area (Å²) in [5, 5.41) is 14.0. The van der Waals surface area contributed by atoms with Crippen LogP contribution in [0.1, 0.15) is 12.5 Å². The van der Waals surface area contributed by atoms with E-state index in [0.717, 1.165) is 16.9 Å². The van der Waals surface area contributed by atoms with E-state index in [1.165, 1.54) is 11.8 Å². The molecule has 0 amide bonds. The number of aliphatic hydroxyl groups excluding tert-OH is 1. The Hall–Kier alpha value is -1.99. The summed E-state index contributed by atoms with van der Waals surface area (Å²) in [6.45, 7) is 2.11. The summed E-state index contributed by atoms with van der Waals surface area (Å²) in [6, 6.07) is 13.1. The van der Waals surface area contributed by atoms with Crippen LogP contribution in [-0.4, -0.2) is 27.4 Å². The second-order valence-electron chi connectivity index (χ2n) is 5.94. The summed E-state index contributed by atoms with van der Waals surface area (Å²) < 4.78 is 0. The maximum absolute atomic E-state index is 9.26. The number of anilines is 3. The van der Waals surface area contributed by atoms with Crippen molar-refractivity contribution >= 4 is 52.2 Å². The van der Waals surface area contributed by atoms with Gasteiger partial charge in [0.1, 0.15) is 11.4 Å². The number of nitrogens with zero attached hydrogens (tertiary/aromatic N) is 2. The minimum Gasteiger partial charge on any atom is -0.396 e. The monoisotopic (exact) mass is 434 g/mol. The molecule has 0 spiro atoms. The first-order chi connectivity index (χ1) is 13.5. The summed E-state index contributed by atoms with van der Waals surface area (Å²) in [5.74, 6) is 1.14. The lowest BCUT2D eigenvalue weighted by atomic mass is 10.0. The fourth-order valence-electron chi connectivity index (χ4n) is 2.73. The number of rotatable bonds is 7. The van der Waals surface area contributed by atoms with Crippen LogP contribution in [0, 0.1) is 0 Å². The van der Waals surface area contributed by atoms with E-state index >= 15 is 0 Å². The fraction of sp³-hybridized carbons (Fsp3) is 0.200. The highest BCUT2D eigenvalue weighted by atomic mass is 35.5. The van der Waals surface area contributed by atoms with Gasteiger partial charge in [-0.25, -0.2) is 9.97 Å². The van der Waals surface area contributed by atoms with Gasteiger partial charge in [-0.3, -0.25) is 0 Å². The van der Waals surface area contributed by atoms with E-state index in [9.17, 15) is 5.11 Å². The molecule has 0 atom stereocenters. The van der Waals surface area contributed by atoms with Crippen LogP contribution in [0.25, 0.3) is 11.3 Å². The summed E-state index contributed by atoms with van der Waals surface area (Å²) in [4.78, 5) is 9.12. The lowest BCUT2D eigenvalue weighted by molar-refractivity contribution is 0.299. The Morgan fingerprint density at radius 1 is 1.07 bits per heavy atom. The number of hydrogen-bond acceptors (Lipinski definition) is 6. The number of nitrogen functional groups attached to an aromatic ring is 1. The van der Waals surface area contributed by atoms with Crippen molar-refractivity contribution in [3.05, 3.63) is 58.1 Å². The molecule has 146 valence electrons. The first kappa shape index (κ1) is 20.7. The topological polar surface area (TPSA) is 84.1 Å². The molecule has 1 aromatic heterocycles. The van der Waals surface area contributed by atoms with Gasteiger partial charge < -0.3 is 16.2 Å². The first-order valence-corrected chi connectivity index (χ1v) is 10.5. The maximum atomic E-state index is 9.26. The lowest BCUT2D eigenvalue weighted by Crippen LogP contribution is -2.06. The minimum atomic E-state index is 0.0760. The number of halogens is 2. The molecule has 0 bridgehead atoms. The van der Waals surface area contributed by atoms with Crippen LogP contribution in [0.4, 0.5) is 17.2 Å². The van der Waals surface area contributed by atoms with Gasteiger partial charge >= 0.3 is 0 Å². The second kappa shape index (κ2) is 9.47. The quantitative estimate of drug-likeness (QED) is 0.339. The summed E-state index contributed by atoms with van der Waals surface area (Å²) in [6.07, 6.45) is 0.560. The Bertz CT molecular complexity index is 964. The standard InChI is InChI=1S/C20H20Cl2N4OS/c1-2-28-20-25-16(13-6-3-5-12(11-13)9-10-27)18(19(23)26-20)24-17-14(21)7-4-8-15(17)22/h3-8,11,24,27H,2,9-10H2,1H3,(H2,23,25,26). The number of para-hydroxylation sites is 1. The molecule has 0 aliphatic rings. The van der Waals surface area contributed by atoms with E-state index < -0.39 is 0 Å². The minimum absolute atomic E-state index is 0.0760. The van der Waals surface area contributed by atoms with Crippen molar-refractivity contribution in [1.82, 2.24) is 9.97 Å².